The summed E-state index contributed by atoms with van der Waals surface area (Å²) in [4.78, 5) is 36.2. The van der Waals surface area contributed by atoms with Gasteiger partial charge in [0.15, 0.2) is 0 Å². The van der Waals surface area contributed by atoms with Gasteiger partial charge in [-0.1, -0.05) is 0 Å². The molecule has 4 N–H and O–H groups in total. The summed E-state index contributed by atoms with van der Waals surface area (Å²) in [5.74, 6) is 3.49. The maximum atomic E-state index is 11.4. The van der Waals surface area contributed by atoms with Gasteiger partial charge in [-0.15, -0.1) is 0 Å². The van der Waals surface area contributed by atoms with Crippen LogP contribution in [0.5, 0.6) is 0 Å². The van der Waals surface area contributed by atoms with Crippen molar-refractivity contribution < 1.29 is 14.3 Å². The highest BCUT2D eigenvalue weighted by molar-refractivity contribution is 5.97. The zero-order valence-corrected chi connectivity index (χ0v) is 8.79. The average molecular weight is 225 g/mol. The quantitative estimate of drug-likeness (QED) is 0.260. The van der Waals surface area contributed by atoms with Crippen molar-refractivity contribution in [3.63, 3.8) is 0 Å². The molecule has 86 valence electrons. The number of nitrogens with two attached hydrogens (primary N) is 1. The van der Waals surface area contributed by atoms with E-state index in [0.717, 1.165) is 6.07 Å². The largest absolute Gasteiger partial charge is 0.465 e. The fraction of sp³-hybridized carbons (Fsp3) is 0.222. The number of hydrogen-bond donors (Lipinski definition) is 3. The van der Waals surface area contributed by atoms with Crippen LogP contribution in [0.2, 0.25) is 0 Å². The third kappa shape index (κ3) is 2.09. The predicted molar refractivity (Wildman–Crippen MR) is 54.8 cm³/mol. The van der Waals surface area contributed by atoms with E-state index in [9.17, 15) is 14.4 Å². The number of hydrogen-bond acceptors (Lipinski definition) is 5. The summed E-state index contributed by atoms with van der Waals surface area (Å²) >= 11 is 0. The second-order valence-corrected chi connectivity index (χ2v) is 3.02. The predicted octanol–water partition coefficient (Wildman–Crippen LogP) is -0.927. The highest BCUT2D eigenvalue weighted by Crippen LogP contribution is 2.06. The maximum absolute atomic E-state index is 11.4. The maximum Gasteiger partial charge on any atom is 0.339 e. The Balaban J connectivity index is 3.38. The molecule has 0 radical (unpaired) electrons. The van der Waals surface area contributed by atoms with Gasteiger partial charge in [-0.05, 0) is 13.0 Å². The lowest BCUT2D eigenvalue weighted by atomic mass is 10.1. The summed E-state index contributed by atoms with van der Waals surface area (Å²) in [5.41, 5.74) is 1.39. The number of esters is 1. The second kappa shape index (κ2) is 4.58. The van der Waals surface area contributed by atoms with Crippen molar-refractivity contribution in [2.45, 2.75) is 6.92 Å². The molecule has 7 nitrogen and oxygen atoms in total. The molecule has 0 fully saturated rings. The lowest BCUT2D eigenvalue weighted by Gasteiger charge is -2.05. The number of ether oxygens (including phenoxy) is 1. The van der Waals surface area contributed by atoms with Gasteiger partial charge in [0, 0.05) is 5.69 Å². The molecule has 0 aliphatic heterocycles. The van der Waals surface area contributed by atoms with E-state index in [1.54, 1.807) is 0 Å². The third-order valence-corrected chi connectivity index (χ3v) is 2.02. The van der Waals surface area contributed by atoms with E-state index in [2.05, 4.69) is 9.72 Å². The number of aryl methyl sites for hydroxylation is 1. The Hall–Kier alpha value is -2.15. The van der Waals surface area contributed by atoms with E-state index in [4.69, 9.17) is 5.84 Å². The van der Waals surface area contributed by atoms with Gasteiger partial charge in [-0.3, -0.25) is 15.0 Å². The lowest BCUT2D eigenvalue weighted by Crippen LogP contribution is -2.35. The molecule has 7 heteroatoms. The first kappa shape index (κ1) is 11.9. The first-order valence-electron chi connectivity index (χ1n) is 4.34. The number of H-pyrrole nitrogens is 1. The van der Waals surface area contributed by atoms with Crippen LogP contribution in [0.15, 0.2) is 10.9 Å². The molecule has 1 aromatic heterocycles. The minimum absolute atomic E-state index is 0.112. The van der Waals surface area contributed by atoms with Crippen LogP contribution < -0.4 is 16.8 Å². The van der Waals surface area contributed by atoms with E-state index >= 15 is 0 Å². The van der Waals surface area contributed by atoms with E-state index in [0.29, 0.717) is 5.69 Å². The van der Waals surface area contributed by atoms with Crippen molar-refractivity contribution in [3.8, 4) is 0 Å². The number of aromatic amines is 1. The topological polar surface area (TPSA) is 114 Å². The van der Waals surface area contributed by atoms with Crippen molar-refractivity contribution in [3.05, 3.63) is 33.2 Å². The number of rotatable bonds is 2. The van der Waals surface area contributed by atoms with E-state index in [1.807, 2.05) is 5.43 Å². The van der Waals surface area contributed by atoms with Crippen LogP contribution in [0.4, 0.5) is 0 Å². The van der Waals surface area contributed by atoms with Gasteiger partial charge in [-0.2, -0.15) is 0 Å². The molecule has 1 rings (SSSR count). The summed E-state index contributed by atoms with van der Waals surface area (Å²) in [7, 11) is 1.20. The van der Waals surface area contributed by atoms with Crippen LogP contribution in [0.25, 0.3) is 0 Å². The zero-order chi connectivity index (χ0) is 12.3. The summed E-state index contributed by atoms with van der Waals surface area (Å²) in [5, 5.41) is 0. The number of nitrogens with one attached hydrogen (secondary N) is 2. The number of nitrogen functional groups attached to an aromatic ring is 1. The Bertz CT molecular complexity index is 492. The number of amides is 1. The molecule has 0 spiro atoms. The van der Waals surface area contributed by atoms with Gasteiger partial charge in [-0.25, -0.2) is 10.6 Å². The molecule has 0 aliphatic rings. The van der Waals surface area contributed by atoms with Gasteiger partial charge in [0.25, 0.3) is 11.5 Å². The third-order valence-electron chi connectivity index (χ3n) is 2.02. The molecule has 0 saturated heterocycles. The Labute approximate surface area is 90.6 Å². The molecule has 0 aromatic carbocycles. The molecule has 0 atom stereocenters. The number of methoxy groups -OCH3 is 1. The standard InChI is InChI=1S/C9H11N3O4/c1-4-5(9(15)16-2)3-6(7(13)11-4)8(14)12-10/h3H,10H2,1-2H3,(H,11,13)(H,12,14). The van der Waals surface area contributed by atoms with Crippen LogP contribution in [-0.4, -0.2) is 24.0 Å². The molecule has 0 unspecified atom stereocenters. The average Bonchev–Trinajstić information content (AvgIpc) is 2.27. The monoisotopic (exact) mass is 225 g/mol. The number of carbonyl (C=O) groups excluding carboxylic acids is 2. The Kier molecular flexibility index (Phi) is 3.41. The SMILES string of the molecule is COC(=O)c1cc(C(=O)NN)c(=O)[nH]c1C. The van der Waals surface area contributed by atoms with Crippen molar-refractivity contribution in [2.24, 2.45) is 5.84 Å². The molecular formula is C9H11N3O4. The molecule has 0 aliphatic carbocycles. The lowest BCUT2D eigenvalue weighted by molar-refractivity contribution is 0.0599. The Morgan fingerprint density at radius 1 is 1.44 bits per heavy atom. The molecule has 1 heterocycles. The first-order chi connectivity index (χ1) is 7.51. The highest BCUT2D eigenvalue weighted by Gasteiger charge is 2.16. The molecule has 0 saturated carbocycles. The van der Waals surface area contributed by atoms with E-state index in [-0.39, 0.29) is 11.1 Å². The van der Waals surface area contributed by atoms with Crippen LogP contribution in [0, 0.1) is 6.92 Å². The van der Waals surface area contributed by atoms with Crippen molar-refractivity contribution in [1.29, 1.82) is 0 Å². The number of hydrazine groups is 1. The highest BCUT2D eigenvalue weighted by atomic mass is 16.5. The number of carbonyl (C=O) groups is 2. The van der Waals surface area contributed by atoms with Gasteiger partial charge in [0.1, 0.15) is 5.56 Å². The van der Waals surface area contributed by atoms with Crippen molar-refractivity contribution in [1.82, 2.24) is 10.4 Å². The van der Waals surface area contributed by atoms with E-state index in [1.165, 1.54) is 14.0 Å². The minimum Gasteiger partial charge on any atom is -0.465 e. The fourth-order valence-electron chi connectivity index (χ4n) is 1.19. The summed E-state index contributed by atoms with van der Waals surface area (Å²) in [6.07, 6.45) is 0. The van der Waals surface area contributed by atoms with Gasteiger partial charge >= 0.3 is 5.97 Å². The molecule has 16 heavy (non-hydrogen) atoms. The van der Waals surface area contributed by atoms with Gasteiger partial charge in [0.05, 0.1) is 12.7 Å². The first-order valence-corrected chi connectivity index (χ1v) is 4.34. The second-order valence-electron chi connectivity index (χ2n) is 3.02. The molecule has 0 bridgehead atoms. The smallest absolute Gasteiger partial charge is 0.339 e. The summed E-state index contributed by atoms with van der Waals surface area (Å²) in [6, 6.07) is 1.14. The minimum atomic E-state index is -0.772. The van der Waals surface area contributed by atoms with Gasteiger partial charge < -0.3 is 9.72 Å². The molecule has 1 amide bonds. The molecule has 1 aromatic rings. The van der Waals surface area contributed by atoms with Crippen molar-refractivity contribution >= 4 is 11.9 Å². The number of aromatic nitrogens is 1. The Morgan fingerprint density at radius 2 is 2.06 bits per heavy atom. The fourth-order valence-corrected chi connectivity index (χ4v) is 1.19. The van der Waals surface area contributed by atoms with E-state index < -0.39 is 17.4 Å². The van der Waals surface area contributed by atoms with Crippen LogP contribution in [0.3, 0.4) is 0 Å². The zero-order valence-electron chi connectivity index (χ0n) is 8.79. The van der Waals surface area contributed by atoms with Gasteiger partial charge in [0.2, 0.25) is 0 Å². The van der Waals surface area contributed by atoms with Crippen LogP contribution in [0.1, 0.15) is 26.4 Å². The molecular weight excluding hydrogens is 214 g/mol. The summed E-state index contributed by atoms with van der Waals surface area (Å²) in [6.45, 7) is 1.53. The van der Waals surface area contributed by atoms with Crippen LogP contribution >= 0.6 is 0 Å². The Morgan fingerprint density at radius 3 is 2.56 bits per heavy atom. The summed E-state index contributed by atoms with van der Waals surface area (Å²) < 4.78 is 4.50. The number of pyridine rings is 1. The van der Waals surface area contributed by atoms with Crippen LogP contribution in [-0.2, 0) is 4.74 Å². The normalized spacial score (nSPS) is 9.69. The van der Waals surface area contributed by atoms with Crippen molar-refractivity contribution in [2.75, 3.05) is 7.11 Å².